The number of halogens is 1. The van der Waals surface area contributed by atoms with Gasteiger partial charge >= 0.3 is 5.69 Å². The highest BCUT2D eigenvalue weighted by atomic mass is 35.5. The highest BCUT2D eigenvalue weighted by Gasteiger charge is 2.13. The number of nitrogens with zero attached hydrogens (tertiary/aromatic N) is 2. The van der Waals surface area contributed by atoms with Gasteiger partial charge in [-0.3, -0.25) is 4.57 Å². The van der Waals surface area contributed by atoms with Crippen LogP contribution in [0.3, 0.4) is 0 Å². The standard InChI is InChI=1S/C23H25ClN2O2S/c1-16-13-19(9-10-20(16)28-15-23(2,3)4)26-12-11-21(25-22(26)27)29-14-17-5-7-18(24)8-6-17/h5-13H,14-15H2,1-4H3. The van der Waals surface area contributed by atoms with Crippen LogP contribution in [-0.2, 0) is 5.75 Å². The van der Waals surface area contributed by atoms with Crippen LogP contribution < -0.4 is 10.4 Å². The summed E-state index contributed by atoms with van der Waals surface area (Å²) in [5, 5.41) is 1.41. The number of rotatable bonds is 6. The topological polar surface area (TPSA) is 44.1 Å². The van der Waals surface area contributed by atoms with Crippen molar-refractivity contribution >= 4 is 23.4 Å². The van der Waals surface area contributed by atoms with E-state index in [0.717, 1.165) is 28.3 Å². The SMILES string of the molecule is Cc1cc(-n2ccc(SCc3ccc(Cl)cc3)nc2=O)ccc1OCC(C)(C)C. The molecule has 152 valence electrons. The van der Waals surface area contributed by atoms with Crippen molar-refractivity contribution in [2.75, 3.05) is 6.61 Å². The van der Waals surface area contributed by atoms with Crippen molar-refractivity contribution in [3.8, 4) is 11.4 Å². The molecule has 0 fully saturated rings. The Kier molecular flexibility index (Phi) is 6.70. The van der Waals surface area contributed by atoms with Crippen LogP contribution in [0.2, 0.25) is 5.02 Å². The molecule has 0 spiro atoms. The summed E-state index contributed by atoms with van der Waals surface area (Å²) >= 11 is 7.44. The molecule has 4 nitrogen and oxygen atoms in total. The molecule has 6 heteroatoms. The molecular formula is C23H25ClN2O2S. The van der Waals surface area contributed by atoms with Crippen molar-refractivity contribution in [3.63, 3.8) is 0 Å². The van der Waals surface area contributed by atoms with E-state index in [1.165, 1.54) is 11.8 Å². The summed E-state index contributed by atoms with van der Waals surface area (Å²) in [4.78, 5) is 16.8. The number of aromatic nitrogens is 2. The van der Waals surface area contributed by atoms with E-state index in [9.17, 15) is 4.79 Å². The summed E-state index contributed by atoms with van der Waals surface area (Å²) in [6, 6.07) is 15.3. The molecule has 29 heavy (non-hydrogen) atoms. The van der Waals surface area contributed by atoms with Gasteiger partial charge in [-0.2, -0.15) is 4.98 Å². The lowest BCUT2D eigenvalue weighted by Gasteiger charge is -2.20. The number of ether oxygens (including phenoxy) is 1. The van der Waals surface area contributed by atoms with Crippen LogP contribution in [0.5, 0.6) is 5.75 Å². The van der Waals surface area contributed by atoms with E-state index >= 15 is 0 Å². The third-order valence-electron chi connectivity index (χ3n) is 4.18. The molecule has 3 rings (SSSR count). The van der Waals surface area contributed by atoms with E-state index in [2.05, 4.69) is 25.8 Å². The molecule has 0 aliphatic carbocycles. The van der Waals surface area contributed by atoms with E-state index in [1.54, 1.807) is 10.8 Å². The maximum Gasteiger partial charge on any atom is 0.353 e. The van der Waals surface area contributed by atoms with Gasteiger partial charge in [-0.05, 0) is 59.9 Å². The summed E-state index contributed by atoms with van der Waals surface area (Å²) in [5.74, 6) is 1.56. The predicted octanol–water partition coefficient (Wildman–Crippen LogP) is 5.91. The van der Waals surface area contributed by atoms with E-state index in [0.29, 0.717) is 16.7 Å². The zero-order valence-electron chi connectivity index (χ0n) is 17.1. The van der Waals surface area contributed by atoms with E-state index in [-0.39, 0.29) is 11.1 Å². The summed E-state index contributed by atoms with van der Waals surface area (Å²) in [5.41, 5.74) is 2.68. The zero-order valence-corrected chi connectivity index (χ0v) is 18.7. The minimum Gasteiger partial charge on any atom is -0.493 e. The fourth-order valence-corrected chi connectivity index (χ4v) is 3.57. The minimum atomic E-state index is -0.297. The molecular weight excluding hydrogens is 404 g/mol. The fraction of sp³-hybridized carbons (Fsp3) is 0.304. The molecule has 2 aromatic carbocycles. The second kappa shape index (κ2) is 9.06. The Morgan fingerprint density at radius 2 is 1.83 bits per heavy atom. The molecule has 0 aliphatic heterocycles. The molecule has 0 N–H and O–H groups in total. The first kappa shape index (κ1) is 21.5. The Bertz CT molecular complexity index is 1040. The maximum absolute atomic E-state index is 12.5. The lowest BCUT2D eigenvalue weighted by atomic mass is 9.98. The lowest BCUT2D eigenvalue weighted by molar-refractivity contribution is 0.197. The molecule has 0 saturated heterocycles. The van der Waals surface area contributed by atoms with Crippen LogP contribution >= 0.6 is 23.4 Å². The van der Waals surface area contributed by atoms with Crippen molar-refractivity contribution in [1.82, 2.24) is 9.55 Å². The number of thioether (sulfide) groups is 1. The first-order valence-corrected chi connectivity index (χ1v) is 10.8. The van der Waals surface area contributed by atoms with E-state index in [1.807, 2.05) is 55.5 Å². The smallest absolute Gasteiger partial charge is 0.353 e. The van der Waals surface area contributed by atoms with Crippen molar-refractivity contribution < 1.29 is 4.74 Å². The monoisotopic (exact) mass is 428 g/mol. The third kappa shape index (κ3) is 6.12. The molecule has 3 aromatic rings. The molecule has 0 aliphatic rings. The number of benzene rings is 2. The normalized spacial score (nSPS) is 11.5. The second-order valence-corrected chi connectivity index (χ2v) is 9.56. The summed E-state index contributed by atoms with van der Waals surface area (Å²) in [6.07, 6.45) is 1.77. The molecule has 1 heterocycles. The summed E-state index contributed by atoms with van der Waals surface area (Å²) in [7, 11) is 0. The molecule has 1 aromatic heterocycles. The van der Waals surface area contributed by atoms with Gasteiger partial charge in [0.1, 0.15) is 10.8 Å². The number of aryl methyl sites for hydroxylation is 1. The van der Waals surface area contributed by atoms with Gasteiger partial charge in [0.15, 0.2) is 0 Å². The molecule has 0 amide bonds. The average Bonchev–Trinajstić information content (AvgIpc) is 2.66. The maximum atomic E-state index is 12.5. The Hall–Kier alpha value is -2.24. The summed E-state index contributed by atoms with van der Waals surface area (Å²) < 4.78 is 7.46. The van der Waals surface area contributed by atoms with Gasteiger partial charge in [0.25, 0.3) is 0 Å². The Morgan fingerprint density at radius 1 is 1.10 bits per heavy atom. The van der Waals surface area contributed by atoms with Crippen LogP contribution in [-0.4, -0.2) is 16.2 Å². The minimum absolute atomic E-state index is 0.0888. The van der Waals surface area contributed by atoms with Gasteiger partial charge in [0.2, 0.25) is 0 Å². The van der Waals surface area contributed by atoms with Crippen LogP contribution in [0.25, 0.3) is 5.69 Å². The van der Waals surface area contributed by atoms with Gasteiger partial charge in [0, 0.05) is 17.0 Å². The highest BCUT2D eigenvalue weighted by molar-refractivity contribution is 7.98. The quantitative estimate of drug-likeness (QED) is 0.361. The largest absolute Gasteiger partial charge is 0.493 e. The first-order chi connectivity index (χ1) is 13.7. The molecule has 0 unspecified atom stereocenters. The Balaban J connectivity index is 1.72. The lowest BCUT2D eigenvalue weighted by Crippen LogP contribution is -2.21. The van der Waals surface area contributed by atoms with Gasteiger partial charge in [-0.15, -0.1) is 11.8 Å². The molecule has 0 bridgehead atoms. The van der Waals surface area contributed by atoms with Gasteiger partial charge in [-0.25, -0.2) is 4.79 Å². The Labute approximate surface area is 180 Å². The van der Waals surface area contributed by atoms with Gasteiger partial charge < -0.3 is 4.74 Å². The van der Waals surface area contributed by atoms with Crippen molar-refractivity contribution in [3.05, 3.63) is 81.4 Å². The fourth-order valence-electron chi connectivity index (χ4n) is 2.64. The summed E-state index contributed by atoms with van der Waals surface area (Å²) in [6.45, 7) is 9.02. The molecule has 0 atom stereocenters. The third-order valence-corrected chi connectivity index (χ3v) is 5.43. The van der Waals surface area contributed by atoms with Crippen molar-refractivity contribution in [1.29, 1.82) is 0 Å². The number of hydrogen-bond donors (Lipinski definition) is 0. The number of hydrogen-bond acceptors (Lipinski definition) is 4. The van der Waals surface area contributed by atoms with Crippen LogP contribution in [0.15, 0.2) is 64.5 Å². The first-order valence-electron chi connectivity index (χ1n) is 9.42. The van der Waals surface area contributed by atoms with Gasteiger partial charge in [0.05, 0.1) is 12.3 Å². The average molecular weight is 429 g/mol. The van der Waals surface area contributed by atoms with Crippen LogP contribution in [0.4, 0.5) is 0 Å². The molecule has 0 radical (unpaired) electrons. The van der Waals surface area contributed by atoms with Crippen molar-refractivity contribution in [2.24, 2.45) is 5.41 Å². The highest BCUT2D eigenvalue weighted by Crippen LogP contribution is 2.24. The zero-order chi connectivity index (χ0) is 21.0. The van der Waals surface area contributed by atoms with Crippen LogP contribution in [0, 0.1) is 12.3 Å². The van der Waals surface area contributed by atoms with Crippen molar-refractivity contribution in [2.45, 2.75) is 38.5 Å². The second-order valence-electron chi connectivity index (χ2n) is 8.13. The molecule has 0 saturated carbocycles. The predicted molar refractivity (Wildman–Crippen MR) is 121 cm³/mol. The van der Waals surface area contributed by atoms with E-state index < -0.39 is 0 Å². The van der Waals surface area contributed by atoms with Gasteiger partial charge in [-0.1, -0.05) is 44.5 Å². The Morgan fingerprint density at radius 3 is 2.45 bits per heavy atom. The van der Waals surface area contributed by atoms with E-state index in [4.69, 9.17) is 16.3 Å². The van der Waals surface area contributed by atoms with Crippen LogP contribution in [0.1, 0.15) is 31.9 Å².